The zero-order valence-electron chi connectivity index (χ0n) is 9.80. The number of anilines is 2. The summed E-state index contributed by atoms with van der Waals surface area (Å²) in [6.07, 6.45) is 0. The second-order valence-electron chi connectivity index (χ2n) is 3.73. The Kier molecular flexibility index (Phi) is 3.42. The smallest absolute Gasteiger partial charge is 0.267 e. The third-order valence-electron chi connectivity index (χ3n) is 2.25. The first-order valence-electron chi connectivity index (χ1n) is 5.27. The summed E-state index contributed by atoms with van der Waals surface area (Å²) in [7, 11) is 0. The van der Waals surface area contributed by atoms with Crippen LogP contribution in [0, 0.1) is 6.92 Å². The van der Waals surface area contributed by atoms with Crippen molar-refractivity contribution < 1.29 is 4.79 Å². The zero-order chi connectivity index (χ0) is 13.1. The number of aryl methyl sites for hydroxylation is 1. The number of hydrogen-bond acceptors (Lipinski definition) is 6. The monoisotopic (exact) mass is 263 g/mol. The maximum Gasteiger partial charge on any atom is 0.267 e. The van der Waals surface area contributed by atoms with Crippen LogP contribution >= 0.6 is 11.3 Å². The highest BCUT2D eigenvalue weighted by Crippen LogP contribution is 2.17. The fourth-order valence-corrected chi connectivity index (χ4v) is 2.10. The van der Waals surface area contributed by atoms with E-state index in [0.29, 0.717) is 18.1 Å². The highest BCUT2D eigenvalue weighted by molar-refractivity contribution is 7.09. The maximum atomic E-state index is 11.0. The lowest BCUT2D eigenvalue weighted by Gasteiger charge is -2.07. The number of carbonyl (C=O) groups excluding carboxylic acids is 1. The highest BCUT2D eigenvalue weighted by Gasteiger charge is 2.07. The number of thiazole rings is 1. The van der Waals surface area contributed by atoms with Crippen LogP contribution in [0.2, 0.25) is 0 Å². The standard InChI is InChI=1S/C11H13N5OS/c1-6-5-18-9(15-6)4-14-11-7(12)2-3-8(16-11)10(13)17/h2-3,5H,4,12H2,1H3,(H2,13,17)(H,14,16). The molecule has 2 aromatic rings. The van der Waals surface area contributed by atoms with Gasteiger partial charge in [-0.25, -0.2) is 9.97 Å². The number of aromatic nitrogens is 2. The number of nitrogens with two attached hydrogens (primary N) is 2. The van der Waals surface area contributed by atoms with Gasteiger partial charge in [0, 0.05) is 11.1 Å². The molecule has 0 aliphatic heterocycles. The summed E-state index contributed by atoms with van der Waals surface area (Å²) in [4.78, 5) is 19.4. The average molecular weight is 263 g/mol. The third kappa shape index (κ3) is 2.75. The first kappa shape index (κ1) is 12.3. The van der Waals surface area contributed by atoms with Crippen molar-refractivity contribution in [3.05, 3.63) is 33.9 Å². The van der Waals surface area contributed by atoms with Gasteiger partial charge in [-0.3, -0.25) is 4.79 Å². The quantitative estimate of drug-likeness (QED) is 0.766. The zero-order valence-corrected chi connectivity index (χ0v) is 10.6. The molecule has 0 unspecified atom stereocenters. The second kappa shape index (κ2) is 5.01. The summed E-state index contributed by atoms with van der Waals surface area (Å²) in [6.45, 7) is 2.44. The second-order valence-corrected chi connectivity index (χ2v) is 4.68. The molecule has 0 atom stereocenters. The molecular weight excluding hydrogens is 250 g/mol. The van der Waals surface area contributed by atoms with Crippen LogP contribution in [0.4, 0.5) is 11.5 Å². The first-order chi connectivity index (χ1) is 8.56. The van der Waals surface area contributed by atoms with E-state index in [1.165, 1.54) is 6.07 Å². The van der Waals surface area contributed by atoms with Gasteiger partial charge in [-0.1, -0.05) is 0 Å². The van der Waals surface area contributed by atoms with Crippen molar-refractivity contribution in [3.63, 3.8) is 0 Å². The number of amides is 1. The van der Waals surface area contributed by atoms with E-state index in [4.69, 9.17) is 11.5 Å². The topological polar surface area (TPSA) is 107 Å². The Morgan fingerprint density at radius 2 is 2.22 bits per heavy atom. The molecule has 0 saturated carbocycles. The van der Waals surface area contributed by atoms with Crippen LogP contribution in [0.3, 0.4) is 0 Å². The van der Waals surface area contributed by atoms with E-state index < -0.39 is 5.91 Å². The summed E-state index contributed by atoms with van der Waals surface area (Å²) in [6, 6.07) is 3.10. The van der Waals surface area contributed by atoms with Crippen molar-refractivity contribution in [3.8, 4) is 0 Å². The van der Waals surface area contributed by atoms with E-state index in [1.807, 2.05) is 12.3 Å². The fraction of sp³-hybridized carbons (Fsp3) is 0.182. The molecular formula is C11H13N5OS. The summed E-state index contributed by atoms with van der Waals surface area (Å²) in [5.74, 6) is -0.137. The minimum Gasteiger partial charge on any atom is -0.396 e. The summed E-state index contributed by atoms with van der Waals surface area (Å²) in [5.41, 5.74) is 12.6. The van der Waals surface area contributed by atoms with Crippen molar-refractivity contribution >= 4 is 28.7 Å². The van der Waals surface area contributed by atoms with Crippen molar-refractivity contribution in [1.29, 1.82) is 0 Å². The largest absolute Gasteiger partial charge is 0.396 e. The molecule has 94 valence electrons. The molecule has 0 fully saturated rings. The molecule has 0 aliphatic rings. The van der Waals surface area contributed by atoms with Crippen molar-refractivity contribution in [1.82, 2.24) is 9.97 Å². The number of nitrogens with one attached hydrogen (secondary N) is 1. The number of carbonyl (C=O) groups is 1. The lowest BCUT2D eigenvalue weighted by atomic mass is 10.3. The molecule has 7 heteroatoms. The molecule has 0 radical (unpaired) electrons. The van der Waals surface area contributed by atoms with Gasteiger partial charge in [-0.15, -0.1) is 11.3 Å². The number of nitrogen functional groups attached to an aromatic ring is 1. The molecule has 0 saturated heterocycles. The van der Waals surface area contributed by atoms with E-state index >= 15 is 0 Å². The Balaban J connectivity index is 2.13. The van der Waals surface area contributed by atoms with E-state index in [2.05, 4.69) is 15.3 Å². The lowest BCUT2D eigenvalue weighted by Crippen LogP contribution is -2.15. The van der Waals surface area contributed by atoms with Crippen LogP contribution in [-0.2, 0) is 6.54 Å². The van der Waals surface area contributed by atoms with Gasteiger partial charge in [-0.2, -0.15) is 0 Å². The Bertz CT molecular complexity index is 581. The number of primary amides is 1. The Morgan fingerprint density at radius 1 is 1.44 bits per heavy atom. The van der Waals surface area contributed by atoms with Gasteiger partial charge in [0.25, 0.3) is 5.91 Å². The van der Waals surface area contributed by atoms with Gasteiger partial charge >= 0.3 is 0 Å². The van der Waals surface area contributed by atoms with Gasteiger partial charge in [0.05, 0.1) is 12.2 Å². The van der Waals surface area contributed by atoms with Gasteiger partial charge < -0.3 is 16.8 Å². The molecule has 2 rings (SSSR count). The summed E-state index contributed by atoms with van der Waals surface area (Å²) in [5, 5.41) is 5.94. The summed E-state index contributed by atoms with van der Waals surface area (Å²) >= 11 is 1.55. The van der Waals surface area contributed by atoms with Crippen molar-refractivity contribution in [2.45, 2.75) is 13.5 Å². The molecule has 0 bridgehead atoms. The number of pyridine rings is 1. The van der Waals surface area contributed by atoms with E-state index in [9.17, 15) is 4.79 Å². The highest BCUT2D eigenvalue weighted by atomic mass is 32.1. The van der Waals surface area contributed by atoms with Crippen LogP contribution in [-0.4, -0.2) is 15.9 Å². The first-order valence-corrected chi connectivity index (χ1v) is 6.15. The molecule has 1 amide bonds. The normalized spacial score (nSPS) is 10.3. The SMILES string of the molecule is Cc1csc(CNc2nc(C(N)=O)ccc2N)n1. The van der Waals surface area contributed by atoms with Crippen LogP contribution in [0.1, 0.15) is 21.2 Å². The minimum atomic E-state index is -0.580. The molecule has 6 nitrogen and oxygen atoms in total. The van der Waals surface area contributed by atoms with Crippen molar-refractivity contribution in [2.75, 3.05) is 11.1 Å². The number of rotatable bonds is 4. The van der Waals surface area contributed by atoms with Crippen molar-refractivity contribution in [2.24, 2.45) is 5.73 Å². The Labute approximate surface area is 108 Å². The van der Waals surface area contributed by atoms with Gasteiger partial charge in [0.15, 0.2) is 0 Å². The Hall–Kier alpha value is -2.15. The third-order valence-corrected chi connectivity index (χ3v) is 3.22. The molecule has 2 aromatic heterocycles. The van der Waals surface area contributed by atoms with E-state index in [1.54, 1.807) is 17.4 Å². The van der Waals surface area contributed by atoms with E-state index in [-0.39, 0.29) is 5.69 Å². The summed E-state index contributed by atoms with van der Waals surface area (Å²) < 4.78 is 0. The average Bonchev–Trinajstić information content (AvgIpc) is 2.74. The molecule has 0 aliphatic carbocycles. The van der Waals surface area contributed by atoms with E-state index in [0.717, 1.165) is 10.7 Å². The van der Waals surface area contributed by atoms with Crippen LogP contribution in [0.15, 0.2) is 17.5 Å². The lowest BCUT2D eigenvalue weighted by molar-refractivity contribution is 0.0996. The van der Waals surface area contributed by atoms with Crippen LogP contribution in [0.25, 0.3) is 0 Å². The molecule has 2 heterocycles. The Morgan fingerprint density at radius 3 is 2.83 bits per heavy atom. The van der Waals surface area contributed by atoms with Crippen LogP contribution in [0.5, 0.6) is 0 Å². The molecule has 0 spiro atoms. The van der Waals surface area contributed by atoms with Gasteiger partial charge in [0.1, 0.15) is 16.5 Å². The number of hydrogen-bond donors (Lipinski definition) is 3. The predicted octanol–water partition coefficient (Wildman–Crippen LogP) is 1.14. The van der Waals surface area contributed by atoms with Crippen LogP contribution < -0.4 is 16.8 Å². The maximum absolute atomic E-state index is 11.0. The molecule has 0 aromatic carbocycles. The number of nitrogens with zero attached hydrogens (tertiary/aromatic N) is 2. The fourth-order valence-electron chi connectivity index (χ4n) is 1.39. The molecule has 5 N–H and O–H groups in total. The minimum absolute atomic E-state index is 0.182. The van der Waals surface area contributed by atoms with Gasteiger partial charge in [-0.05, 0) is 19.1 Å². The van der Waals surface area contributed by atoms with Gasteiger partial charge in [0.2, 0.25) is 0 Å². The molecule has 18 heavy (non-hydrogen) atoms. The predicted molar refractivity (Wildman–Crippen MR) is 71.3 cm³/mol.